The molecule has 0 atom stereocenters. The highest BCUT2D eigenvalue weighted by atomic mass is 15.1. The minimum Gasteiger partial charge on any atom is -0.384 e. The monoisotopic (exact) mass is 246 g/mol. The van der Waals surface area contributed by atoms with E-state index in [4.69, 9.17) is 5.73 Å². The van der Waals surface area contributed by atoms with Crippen LogP contribution < -0.4 is 11.1 Å². The first-order chi connectivity index (χ1) is 8.63. The zero-order valence-electron chi connectivity index (χ0n) is 11.2. The molecule has 2 fully saturated rings. The second-order valence-electron chi connectivity index (χ2n) is 6.04. The van der Waals surface area contributed by atoms with Crippen molar-refractivity contribution in [1.29, 1.82) is 0 Å². The minimum atomic E-state index is 0.314. The molecular weight excluding hydrogens is 224 g/mol. The van der Waals surface area contributed by atoms with Crippen LogP contribution in [0.3, 0.4) is 0 Å². The molecule has 2 aliphatic carbocycles. The van der Waals surface area contributed by atoms with Crippen molar-refractivity contribution in [2.75, 3.05) is 11.1 Å². The molecule has 4 heteroatoms. The lowest BCUT2D eigenvalue weighted by atomic mass is 10.1. The first-order valence-corrected chi connectivity index (χ1v) is 7.04. The molecule has 4 nitrogen and oxygen atoms in total. The van der Waals surface area contributed by atoms with E-state index in [-0.39, 0.29) is 0 Å². The minimum absolute atomic E-state index is 0.314. The van der Waals surface area contributed by atoms with Crippen molar-refractivity contribution in [3.8, 4) is 0 Å². The molecule has 0 bridgehead atoms. The Labute approximate surface area is 108 Å². The van der Waals surface area contributed by atoms with Crippen LogP contribution >= 0.6 is 0 Å². The van der Waals surface area contributed by atoms with Gasteiger partial charge < -0.3 is 11.1 Å². The summed E-state index contributed by atoms with van der Waals surface area (Å²) < 4.78 is 0. The maximum Gasteiger partial charge on any atom is 0.135 e. The number of aromatic nitrogens is 2. The van der Waals surface area contributed by atoms with Crippen LogP contribution in [0.25, 0.3) is 0 Å². The van der Waals surface area contributed by atoms with Gasteiger partial charge in [-0.3, -0.25) is 0 Å². The summed E-state index contributed by atoms with van der Waals surface area (Å²) in [5.74, 6) is 4.35. The van der Waals surface area contributed by atoms with E-state index >= 15 is 0 Å². The topological polar surface area (TPSA) is 63.8 Å². The Hall–Kier alpha value is -1.32. The fraction of sp³-hybridized carbons (Fsp3) is 0.714. The third kappa shape index (κ3) is 2.57. The summed E-state index contributed by atoms with van der Waals surface area (Å²) in [7, 11) is 0. The van der Waals surface area contributed by atoms with Crippen LogP contribution in [0.4, 0.5) is 11.6 Å². The maximum absolute atomic E-state index is 5.87. The molecule has 0 aromatic carbocycles. The third-order valence-corrected chi connectivity index (χ3v) is 3.85. The first kappa shape index (κ1) is 11.8. The number of anilines is 2. The molecule has 0 amide bonds. The maximum atomic E-state index is 5.87. The molecule has 0 unspecified atom stereocenters. The van der Waals surface area contributed by atoms with E-state index < -0.39 is 0 Å². The predicted molar refractivity (Wildman–Crippen MR) is 73.4 cm³/mol. The number of rotatable bonds is 5. The number of nitrogens with one attached hydrogen (secondary N) is 1. The van der Waals surface area contributed by atoms with Crippen LogP contribution in [0.5, 0.6) is 0 Å². The quantitative estimate of drug-likeness (QED) is 0.838. The third-order valence-electron chi connectivity index (χ3n) is 3.85. The van der Waals surface area contributed by atoms with Crippen molar-refractivity contribution in [1.82, 2.24) is 9.97 Å². The second kappa shape index (κ2) is 4.41. The lowest BCUT2D eigenvalue weighted by molar-refractivity contribution is 0.564. The molecule has 0 saturated heterocycles. The molecule has 3 rings (SSSR count). The highest BCUT2D eigenvalue weighted by molar-refractivity contribution is 5.46. The van der Waals surface area contributed by atoms with E-state index in [1.807, 2.05) is 6.07 Å². The van der Waals surface area contributed by atoms with Crippen molar-refractivity contribution < 1.29 is 0 Å². The van der Waals surface area contributed by atoms with Crippen molar-refractivity contribution >= 4 is 11.6 Å². The summed E-state index contributed by atoms with van der Waals surface area (Å²) in [6, 6.07) is 2.48. The van der Waals surface area contributed by atoms with Crippen molar-refractivity contribution in [2.24, 2.45) is 11.8 Å². The van der Waals surface area contributed by atoms with E-state index in [1.54, 1.807) is 0 Å². The predicted octanol–water partition coefficient (Wildman–Crippen LogP) is 2.78. The number of hydrogen-bond acceptors (Lipinski definition) is 4. The first-order valence-electron chi connectivity index (χ1n) is 7.04. The Bertz CT molecular complexity index is 423. The summed E-state index contributed by atoms with van der Waals surface area (Å²) in [6.07, 6.45) is 5.47. The summed E-state index contributed by atoms with van der Waals surface area (Å²) in [4.78, 5) is 8.88. The molecule has 1 aromatic heterocycles. The van der Waals surface area contributed by atoms with Gasteiger partial charge >= 0.3 is 0 Å². The zero-order chi connectivity index (χ0) is 12.7. The van der Waals surface area contributed by atoms with E-state index in [0.717, 1.165) is 23.5 Å². The van der Waals surface area contributed by atoms with Gasteiger partial charge in [0.25, 0.3) is 0 Å². The van der Waals surface area contributed by atoms with Gasteiger partial charge in [0.15, 0.2) is 0 Å². The van der Waals surface area contributed by atoms with Gasteiger partial charge in [-0.1, -0.05) is 13.8 Å². The fourth-order valence-corrected chi connectivity index (χ4v) is 2.52. The van der Waals surface area contributed by atoms with Crippen LogP contribution in [0.2, 0.25) is 0 Å². The largest absolute Gasteiger partial charge is 0.384 e. The standard InChI is InChI=1S/C14H22N4/c1-8(2)14-16-11(15)7-12(18-14)17-13(9-3-4-9)10-5-6-10/h7-10,13H,3-6H2,1-2H3,(H3,15,16,17,18). The molecule has 3 N–H and O–H groups in total. The molecule has 2 aliphatic rings. The van der Waals surface area contributed by atoms with Gasteiger partial charge in [0, 0.05) is 18.0 Å². The molecule has 0 radical (unpaired) electrons. The number of nitrogen functional groups attached to an aromatic ring is 1. The lowest BCUT2D eigenvalue weighted by Gasteiger charge is -2.19. The van der Waals surface area contributed by atoms with Gasteiger partial charge in [-0.2, -0.15) is 0 Å². The highest BCUT2D eigenvalue weighted by Gasteiger charge is 2.41. The molecule has 2 saturated carbocycles. The smallest absolute Gasteiger partial charge is 0.135 e. The molecule has 1 aromatic rings. The van der Waals surface area contributed by atoms with Crippen LogP contribution in [0.15, 0.2) is 6.07 Å². The fourth-order valence-electron chi connectivity index (χ4n) is 2.52. The lowest BCUT2D eigenvalue weighted by Crippen LogP contribution is -2.25. The average Bonchev–Trinajstić information content (AvgIpc) is 3.16. The van der Waals surface area contributed by atoms with Crippen LogP contribution in [0.1, 0.15) is 51.3 Å². The molecular formula is C14H22N4. The van der Waals surface area contributed by atoms with Gasteiger partial charge in [0.05, 0.1) is 0 Å². The summed E-state index contributed by atoms with van der Waals surface area (Å²) in [6.45, 7) is 4.19. The highest BCUT2D eigenvalue weighted by Crippen LogP contribution is 2.45. The van der Waals surface area contributed by atoms with Gasteiger partial charge in [-0.15, -0.1) is 0 Å². The second-order valence-corrected chi connectivity index (χ2v) is 6.04. The Morgan fingerprint density at radius 1 is 1.17 bits per heavy atom. The summed E-state index contributed by atoms with van der Waals surface area (Å²) in [5.41, 5.74) is 5.87. The SMILES string of the molecule is CC(C)c1nc(N)cc(NC(C2CC2)C2CC2)n1. The number of nitrogens with zero attached hydrogens (tertiary/aromatic N) is 2. The summed E-state index contributed by atoms with van der Waals surface area (Å²) >= 11 is 0. The van der Waals surface area contributed by atoms with Crippen molar-refractivity contribution in [2.45, 2.75) is 51.5 Å². The van der Waals surface area contributed by atoms with Crippen molar-refractivity contribution in [3.63, 3.8) is 0 Å². The normalized spacial score (nSPS) is 19.6. The van der Waals surface area contributed by atoms with E-state index in [1.165, 1.54) is 25.7 Å². The Morgan fingerprint density at radius 3 is 2.28 bits per heavy atom. The van der Waals surface area contributed by atoms with Crippen molar-refractivity contribution in [3.05, 3.63) is 11.9 Å². The summed E-state index contributed by atoms with van der Waals surface area (Å²) in [5, 5.41) is 3.61. The molecule has 0 aliphatic heterocycles. The Balaban J connectivity index is 1.78. The van der Waals surface area contributed by atoms with Crippen LogP contribution in [-0.2, 0) is 0 Å². The molecule has 1 heterocycles. The van der Waals surface area contributed by atoms with E-state index in [2.05, 4.69) is 29.1 Å². The molecule has 0 spiro atoms. The zero-order valence-corrected chi connectivity index (χ0v) is 11.2. The number of nitrogens with two attached hydrogens (primary N) is 1. The Morgan fingerprint density at radius 2 is 1.78 bits per heavy atom. The molecule has 98 valence electrons. The van der Waals surface area contributed by atoms with Crippen LogP contribution in [-0.4, -0.2) is 16.0 Å². The van der Waals surface area contributed by atoms with Gasteiger partial charge in [-0.25, -0.2) is 9.97 Å². The molecule has 18 heavy (non-hydrogen) atoms. The Kier molecular flexibility index (Phi) is 2.88. The average molecular weight is 246 g/mol. The van der Waals surface area contributed by atoms with Gasteiger partial charge in [0.1, 0.15) is 17.5 Å². The number of hydrogen-bond donors (Lipinski definition) is 2. The van der Waals surface area contributed by atoms with E-state index in [0.29, 0.717) is 17.8 Å². The van der Waals surface area contributed by atoms with Gasteiger partial charge in [0.2, 0.25) is 0 Å². The van der Waals surface area contributed by atoms with Crippen LogP contribution in [0, 0.1) is 11.8 Å². The van der Waals surface area contributed by atoms with Gasteiger partial charge in [-0.05, 0) is 37.5 Å². The van der Waals surface area contributed by atoms with E-state index in [9.17, 15) is 0 Å².